The highest BCUT2D eigenvalue weighted by molar-refractivity contribution is 5.68. The largest absolute Gasteiger partial charge is 0.481 e. The van der Waals surface area contributed by atoms with Gasteiger partial charge in [0.1, 0.15) is 0 Å². The molecule has 0 aromatic rings. The highest BCUT2D eigenvalue weighted by Crippen LogP contribution is 2.39. The predicted octanol–water partition coefficient (Wildman–Crippen LogP) is 3.29. The first kappa shape index (κ1) is 13.9. The summed E-state index contributed by atoms with van der Waals surface area (Å²) in [7, 11) is 0. The van der Waals surface area contributed by atoms with Crippen LogP contribution in [-0.4, -0.2) is 34.6 Å². The van der Waals surface area contributed by atoms with Crippen molar-refractivity contribution in [3.8, 4) is 0 Å². The molecule has 1 heterocycles. The Bertz CT molecular complexity index is 260. The Hall–Kier alpha value is -0.570. The lowest BCUT2D eigenvalue weighted by atomic mass is 9.72. The van der Waals surface area contributed by atoms with Crippen LogP contribution in [0.2, 0.25) is 0 Å². The van der Waals surface area contributed by atoms with Crippen molar-refractivity contribution in [2.45, 2.75) is 70.3 Å². The van der Waals surface area contributed by atoms with Crippen LogP contribution in [0.1, 0.15) is 64.7 Å². The summed E-state index contributed by atoms with van der Waals surface area (Å²) in [5.41, 5.74) is -0.104. The normalized spacial score (nSPS) is 26.7. The van der Waals surface area contributed by atoms with Crippen LogP contribution < -0.4 is 0 Å². The summed E-state index contributed by atoms with van der Waals surface area (Å²) >= 11 is 0. The molecular formula is C15H27NO2. The van der Waals surface area contributed by atoms with Crippen LogP contribution in [0, 0.1) is 5.92 Å². The molecule has 1 aliphatic carbocycles. The number of carboxylic acids is 1. The van der Waals surface area contributed by atoms with Gasteiger partial charge in [0.15, 0.2) is 0 Å². The molecule has 2 rings (SSSR count). The molecule has 1 unspecified atom stereocenters. The topological polar surface area (TPSA) is 40.5 Å². The molecule has 0 spiro atoms. The van der Waals surface area contributed by atoms with Gasteiger partial charge in [0.2, 0.25) is 0 Å². The SMILES string of the molecule is CC(CC(=O)O)(C1CCCCC1)N1CCCCC1. The van der Waals surface area contributed by atoms with E-state index in [0.717, 1.165) is 13.1 Å². The van der Waals surface area contributed by atoms with Crippen LogP contribution in [0.3, 0.4) is 0 Å². The van der Waals surface area contributed by atoms with Gasteiger partial charge >= 0.3 is 5.97 Å². The number of piperidine rings is 1. The number of carbonyl (C=O) groups is 1. The fourth-order valence-electron chi connectivity index (χ4n) is 3.95. The van der Waals surface area contributed by atoms with Gasteiger partial charge < -0.3 is 5.11 Å². The molecule has 3 nitrogen and oxygen atoms in total. The van der Waals surface area contributed by atoms with Gasteiger partial charge in [0, 0.05) is 5.54 Å². The van der Waals surface area contributed by atoms with Gasteiger partial charge in [-0.15, -0.1) is 0 Å². The second-order valence-corrected chi connectivity index (χ2v) is 6.31. The van der Waals surface area contributed by atoms with Gasteiger partial charge in [-0.25, -0.2) is 0 Å². The molecule has 2 fully saturated rings. The minimum atomic E-state index is -0.631. The van der Waals surface area contributed by atoms with E-state index in [1.165, 1.54) is 51.4 Å². The van der Waals surface area contributed by atoms with E-state index in [9.17, 15) is 9.90 Å². The van der Waals surface area contributed by atoms with Crippen molar-refractivity contribution in [2.75, 3.05) is 13.1 Å². The van der Waals surface area contributed by atoms with E-state index < -0.39 is 5.97 Å². The molecular weight excluding hydrogens is 226 g/mol. The second-order valence-electron chi connectivity index (χ2n) is 6.31. The second kappa shape index (κ2) is 6.05. The Balaban J connectivity index is 2.11. The summed E-state index contributed by atoms with van der Waals surface area (Å²) in [6.07, 6.45) is 10.5. The van der Waals surface area contributed by atoms with Gasteiger partial charge in [-0.2, -0.15) is 0 Å². The average molecular weight is 253 g/mol. The number of hydrogen-bond donors (Lipinski definition) is 1. The van der Waals surface area contributed by atoms with Gasteiger partial charge in [0.25, 0.3) is 0 Å². The molecule has 18 heavy (non-hydrogen) atoms. The number of hydrogen-bond acceptors (Lipinski definition) is 2. The lowest BCUT2D eigenvalue weighted by Crippen LogP contribution is -2.55. The summed E-state index contributed by atoms with van der Waals surface area (Å²) in [6, 6.07) is 0. The van der Waals surface area contributed by atoms with Gasteiger partial charge in [0.05, 0.1) is 6.42 Å². The first-order valence-electron chi connectivity index (χ1n) is 7.60. The highest BCUT2D eigenvalue weighted by Gasteiger charge is 2.41. The fraction of sp³-hybridized carbons (Fsp3) is 0.933. The maximum absolute atomic E-state index is 11.3. The van der Waals surface area contributed by atoms with Crippen molar-refractivity contribution in [3.05, 3.63) is 0 Å². The van der Waals surface area contributed by atoms with E-state index in [2.05, 4.69) is 11.8 Å². The standard InChI is InChI=1S/C15H27NO2/c1-15(12-14(17)18,13-8-4-2-5-9-13)16-10-6-3-7-11-16/h13H,2-12H2,1H3,(H,17,18). The smallest absolute Gasteiger partial charge is 0.305 e. The zero-order valence-corrected chi connectivity index (χ0v) is 11.7. The lowest BCUT2D eigenvalue weighted by Gasteiger charge is -2.49. The summed E-state index contributed by atoms with van der Waals surface area (Å²) in [5.74, 6) is -0.0471. The minimum Gasteiger partial charge on any atom is -0.481 e. The Morgan fingerprint density at radius 1 is 1.11 bits per heavy atom. The quantitative estimate of drug-likeness (QED) is 0.836. The Labute approximate surface area is 111 Å². The summed E-state index contributed by atoms with van der Waals surface area (Å²) in [4.78, 5) is 13.8. The molecule has 0 amide bonds. The summed E-state index contributed by atoms with van der Waals surface area (Å²) < 4.78 is 0. The van der Waals surface area contributed by atoms with Crippen LogP contribution >= 0.6 is 0 Å². The van der Waals surface area contributed by atoms with Gasteiger partial charge in [-0.05, 0) is 51.6 Å². The first-order valence-corrected chi connectivity index (χ1v) is 7.60. The maximum Gasteiger partial charge on any atom is 0.305 e. The number of likely N-dealkylation sites (tertiary alicyclic amines) is 1. The van der Waals surface area contributed by atoms with Crippen molar-refractivity contribution in [2.24, 2.45) is 5.92 Å². The zero-order valence-electron chi connectivity index (χ0n) is 11.7. The lowest BCUT2D eigenvalue weighted by molar-refractivity contribution is -0.142. The fourth-order valence-corrected chi connectivity index (χ4v) is 3.95. The molecule has 0 aromatic heterocycles. The molecule has 104 valence electrons. The van der Waals surface area contributed by atoms with Crippen molar-refractivity contribution >= 4 is 5.97 Å². The summed E-state index contributed by atoms with van der Waals surface area (Å²) in [6.45, 7) is 4.41. The molecule has 1 atom stereocenters. The van der Waals surface area contributed by atoms with E-state index in [1.807, 2.05) is 0 Å². The van der Waals surface area contributed by atoms with Crippen molar-refractivity contribution < 1.29 is 9.90 Å². The Morgan fingerprint density at radius 2 is 1.67 bits per heavy atom. The predicted molar refractivity (Wildman–Crippen MR) is 72.7 cm³/mol. The molecule has 1 aliphatic heterocycles. The minimum absolute atomic E-state index is 0.104. The van der Waals surface area contributed by atoms with Crippen molar-refractivity contribution in [1.82, 2.24) is 4.90 Å². The molecule has 1 saturated heterocycles. The van der Waals surface area contributed by atoms with Gasteiger partial charge in [-0.1, -0.05) is 25.7 Å². The number of aliphatic carboxylic acids is 1. The van der Waals surface area contributed by atoms with E-state index in [-0.39, 0.29) is 5.54 Å². The van der Waals surface area contributed by atoms with Gasteiger partial charge in [-0.3, -0.25) is 9.69 Å². The maximum atomic E-state index is 11.3. The average Bonchev–Trinajstić information content (AvgIpc) is 2.40. The van der Waals surface area contributed by atoms with E-state index >= 15 is 0 Å². The molecule has 3 heteroatoms. The first-order chi connectivity index (χ1) is 8.63. The summed E-state index contributed by atoms with van der Waals surface area (Å²) in [5, 5.41) is 9.28. The number of rotatable bonds is 4. The monoisotopic (exact) mass is 253 g/mol. The Kier molecular flexibility index (Phi) is 4.66. The molecule has 0 radical (unpaired) electrons. The van der Waals surface area contributed by atoms with Crippen LogP contribution in [0.5, 0.6) is 0 Å². The van der Waals surface area contributed by atoms with Crippen LogP contribution in [0.15, 0.2) is 0 Å². The van der Waals surface area contributed by atoms with Crippen molar-refractivity contribution in [3.63, 3.8) is 0 Å². The molecule has 1 N–H and O–H groups in total. The van der Waals surface area contributed by atoms with Crippen LogP contribution in [0.4, 0.5) is 0 Å². The highest BCUT2D eigenvalue weighted by atomic mass is 16.4. The third-order valence-electron chi connectivity index (χ3n) is 5.07. The molecule has 2 aliphatic rings. The Morgan fingerprint density at radius 3 is 2.22 bits per heavy atom. The van der Waals surface area contributed by atoms with E-state index in [1.54, 1.807) is 0 Å². The molecule has 0 aromatic carbocycles. The van der Waals surface area contributed by atoms with Crippen LogP contribution in [-0.2, 0) is 4.79 Å². The molecule has 0 bridgehead atoms. The number of nitrogens with zero attached hydrogens (tertiary/aromatic N) is 1. The van der Waals surface area contributed by atoms with E-state index in [0.29, 0.717) is 12.3 Å². The number of carboxylic acid groups (broad SMARTS) is 1. The van der Waals surface area contributed by atoms with Crippen LogP contribution in [0.25, 0.3) is 0 Å². The third kappa shape index (κ3) is 3.05. The third-order valence-corrected chi connectivity index (χ3v) is 5.07. The zero-order chi connectivity index (χ0) is 13.0. The molecule has 1 saturated carbocycles. The van der Waals surface area contributed by atoms with Crippen molar-refractivity contribution in [1.29, 1.82) is 0 Å². The van der Waals surface area contributed by atoms with E-state index in [4.69, 9.17) is 0 Å².